The molecule has 1 unspecified atom stereocenters. The van der Waals surface area contributed by atoms with Gasteiger partial charge in [-0.25, -0.2) is 0 Å². The van der Waals surface area contributed by atoms with Gasteiger partial charge in [0.25, 0.3) is 0 Å². The van der Waals surface area contributed by atoms with Gasteiger partial charge in [-0.15, -0.1) is 12.3 Å². The van der Waals surface area contributed by atoms with Crippen molar-refractivity contribution in [3.63, 3.8) is 0 Å². The molecule has 0 amide bonds. The number of ketones is 1. The maximum atomic E-state index is 11.7. The van der Waals surface area contributed by atoms with Crippen molar-refractivity contribution in [2.45, 2.75) is 32.7 Å². The van der Waals surface area contributed by atoms with Crippen molar-refractivity contribution in [3.05, 3.63) is 34.9 Å². The molecule has 2 nitrogen and oxygen atoms in total. The third-order valence-corrected chi connectivity index (χ3v) is 2.70. The zero-order valence-corrected chi connectivity index (χ0v) is 9.79. The molecule has 0 heterocycles. The van der Waals surface area contributed by atoms with E-state index in [1.807, 2.05) is 32.0 Å². The number of carbonyl (C=O) groups excluding carboxylic acids is 1. The van der Waals surface area contributed by atoms with Gasteiger partial charge in [0.2, 0.25) is 0 Å². The first-order valence-electron chi connectivity index (χ1n) is 5.32. The lowest BCUT2D eigenvalue weighted by Gasteiger charge is -2.08. The van der Waals surface area contributed by atoms with Gasteiger partial charge < -0.3 is 5.73 Å². The first-order chi connectivity index (χ1) is 7.54. The van der Waals surface area contributed by atoms with E-state index in [2.05, 4.69) is 5.92 Å². The third-order valence-electron chi connectivity index (χ3n) is 2.70. The van der Waals surface area contributed by atoms with Crippen molar-refractivity contribution in [2.24, 2.45) is 5.73 Å². The molecule has 0 aliphatic carbocycles. The first kappa shape index (κ1) is 12.5. The fourth-order valence-corrected chi connectivity index (χ4v) is 1.49. The number of aryl methyl sites for hydroxylation is 2. The van der Waals surface area contributed by atoms with E-state index in [9.17, 15) is 4.79 Å². The summed E-state index contributed by atoms with van der Waals surface area (Å²) in [5.74, 6) is 2.41. The van der Waals surface area contributed by atoms with Gasteiger partial charge in [0.05, 0.1) is 6.04 Å². The zero-order valence-electron chi connectivity index (χ0n) is 9.79. The van der Waals surface area contributed by atoms with E-state index >= 15 is 0 Å². The summed E-state index contributed by atoms with van der Waals surface area (Å²) in [4.78, 5) is 11.7. The molecule has 0 saturated carbocycles. The Morgan fingerprint density at radius 3 is 2.69 bits per heavy atom. The highest BCUT2D eigenvalue weighted by Gasteiger charge is 2.12. The number of Topliss-reactive ketones (excluding diaryl/α,β-unsaturated/α-hetero) is 1. The van der Waals surface area contributed by atoms with Crippen molar-refractivity contribution < 1.29 is 4.79 Å². The Labute approximate surface area is 96.9 Å². The van der Waals surface area contributed by atoms with Crippen LogP contribution in [0, 0.1) is 26.2 Å². The summed E-state index contributed by atoms with van der Waals surface area (Å²) in [6, 6.07) is 5.47. The minimum Gasteiger partial charge on any atom is -0.321 e. The second-order valence-corrected chi connectivity index (χ2v) is 4.08. The van der Waals surface area contributed by atoms with Crippen molar-refractivity contribution in [2.75, 3.05) is 0 Å². The Morgan fingerprint density at radius 1 is 1.44 bits per heavy atom. The molecule has 2 N–H and O–H groups in total. The summed E-state index contributed by atoms with van der Waals surface area (Å²) >= 11 is 0. The van der Waals surface area contributed by atoms with Crippen LogP contribution in [0.2, 0.25) is 0 Å². The van der Waals surface area contributed by atoms with Gasteiger partial charge in [0, 0.05) is 12.8 Å². The molecule has 1 rings (SSSR count). The van der Waals surface area contributed by atoms with E-state index in [4.69, 9.17) is 12.2 Å². The molecule has 0 bridgehead atoms. The summed E-state index contributed by atoms with van der Waals surface area (Å²) in [5, 5.41) is 0. The molecule has 0 aliphatic rings. The number of carbonyl (C=O) groups is 1. The molecule has 0 fully saturated rings. The second-order valence-electron chi connectivity index (χ2n) is 4.08. The van der Waals surface area contributed by atoms with Gasteiger partial charge in [-0.05, 0) is 30.5 Å². The average Bonchev–Trinajstić information content (AvgIpc) is 2.24. The van der Waals surface area contributed by atoms with Crippen LogP contribution in [0.4, 0.5) is 0 Å². The summed E-state index contributed by atoms with van der Waals surface area (Å²) in [6.07, 6.45) is 5.80. The highest BCUT2D eigenvalue weighted by atomic mass is 16.1. The smallest absolute Gasteiger partial charge is 0.154 e. The summed E-state index contributed by atoms with van der Waals surface area (Å²) in [7, 11) is 0. The summed E-state index contributed by atoms with van der Waals surface area (Å²) in [5.41, 5.74) is 9.07. The predicted octanol–water partition coefficient (Wildman–Crippen LogP) is 1.77. The maximum absolute atomic E-state index is 11.7. The Balaban J connectivity index is 2.70. The number of rotatable bonds is 4. The van der Waals surface area contributed by atoms with Crippen LogP contribution in [0.3, 0.4) is 0 Å². The molecule has 0 aromatic heterocycles. The normalized spacial score (nSPS) is 11.9. The van der Waals surface area contributed by atoms with Crippen LogP contribution in [0.25, 0.3) is 0 Å². The van der Waals surface area contributed by atoms with Crippen molar-refractivity contribution in [1.29, 1.82) is 0 Å². The summed E-state index contributed by atoms with van der Waals surface area (Å²) in [6.45, 7) is 4.08. The van der Waals surface area contributed by atoms with Crippen molar-refractivity contribution >= 4 is 5.78 Å². The van der Waals surface area contributed by atoms with Gasteiger partial charge in [0.1, 0.15) is 0 Å². The molecular weight excluding hydrogens is 198 g/mol. The average molecular weight is 215 g/mol. The van der Waals surface area contributed by atoms with Crippen molar-refractivity contribution in [1.82, 2.24) is 0 Å². The fourth-order valence-electron chi connectivity index (χ4n) is 1.49. The molecule has 0 saturated heterocycles. The first-order valence-corrected chi connectivity index (χ1v) is 5.32. The lowest BCUT2D eigenvalue weighted by molar-refractivity contribution is -0.119. The van der Waals surface area contributed by atoms with Crippen LogP contribution in [0.1, 0.15) is 23.1 Å². The Kier molecular flexibility index (Phi) is 4.28. The zero-order chi connectivity index (χ0) is 12.1. The van der Waals surface area contributed by atoms with E-state index in [0.29, 0.717) is 12.8 Å². The molecule has 0 spiro atoms. The van der Waals surface area contributed by atoms with Gasteiger partial charge in [-0.1, -0.05) is 18.2 Å². The Morgan fingerprint density at radius 2 is 2.12 bits per heavy atom. The van der Waals surface area contributed by atoms with Gasteiger partial charge in [0.15, 0.2) is 5.78 Å². The van der Waals surface area contributed by atoms with Gasteiger partial charge in [-0.3, -0.25) is 4.79 Å². The molecule has 0 aliphatic heterocycles. The van der Waals surface area contributed by atoms with Crippen LogP contribution in [-0.4, -0.2) is 11.8 Å². The molecule has 2 heteroatoms. The fraction of sp³-hybridized carbons (Fsp3) is 0.357. The predicted molar refractivity (Wildman–Crippen MR) is 66.1 cm³/mol. The molecule has 0 radical (unpaired) electrons. The van der Waals surface area contributed by atoms with E-state index < -0.39 is 6.04 Å². The van der Waals surface area contributed by atoms with Gasteiger partial charge in [-0.2, -0.15) is 0 Å². The number of nitrogens with two attached hydrogens (primary N) is 1. The standard InChI is InChI=1S/C14H17NO/c1-4-5-13(15)14(16)9-12-7-6-10(2)11(3)8-12/h1,6-8,13H,5,9,15H2,2-3H3. The van der Waals surface area contributed by atoms with E-state index in [0.717, 1.165) is 5.56 Å². The highest BCUT2D eigenvalue weighted by molar-refractivity contribution is 5.86. The molecule has 16 heavy (non-hydrogen) atoms. The largest absolute Gasteiger partial charge is 0.321 e. The van der Waals surface area contributed by atoms with Crippen LogP contribution >= 0.6 is 0 Å². The molecular formula is C14H17NO. The number of terminal acetylenes is 1. The molecule has 1 atom stereocenters. The van der Waals surface area contributed by atoms with E-state index in [-0.39, 0.29) is 5.78 Å². The Hall–Kier alpha value is -1.59. The lowest BCUT2D eigenvalue weighted by Crippen LogP contribution is -2.31. The van der Waals surface area contributed by atoms with E-state index in [1.165, 1.54) is 11.1 Å². The molecule has 1 aromatic rings. The minimum absolute atomic E-state index is 0.00111. The van der Waals surface area contributed by atoms with Gasteiger partial charge >= 0.3 is 0 Å². The summed E-state index contributed by atoms with van der Waals surface area (Å²) < 4.78 is 0. The van der Waals surface area contributed by atoms with E-state index in [1.54, 1.807) is 0 Å². The third kappa shape index (κ3) is 3.22. The monoisotopic (exact) mass is 215 g/mol. The van der Waals surface area contributed by atoms with Crippen molar-refractivity contribution in [3.8, 4) is 12.3 Å². The topological polar surface area (TPSA) is 43.1 Å². The Bertz CT molecular complexity index is 429. The molecule has 1 aromatic carbocycles. The van der Waals surface area contributed by atoms with Crippen LogP contribution in [0.15, 0.2) is 18.2 Å². The lowest BCUT2D eigenvalue weighted by atomic mass is 9.99. The second kappa shape index (κ2) is 5.48. The minimum atomic E-state index is -0.536. The van der Waals surface area contributed by atoms with Crippen LogP contribution in [-0.2, 0) is 11.2 Å². The van der Waals surface area contributed by atoms with Crippen LogP contribution in [0.5, 0.6) is 0 Å². The number of hydrogen-bond donors (Lipinski definition) is 1. The number of hydrogen-bond acceptors (Lipinski definition) is 2. The SMILES string of the molecule is C#CCC(N)C(=O)Cc1ccc(C)c(C)c1. The molecule has 84 valence electrons. The maximum Gasteiger partial charge on any atom is 0.154 e. The quantitative estimate of drug-likeness (QED) is 0.778. The highest BCUT2D eigenvalue weighted by Crippen LogP contribution is 2.11. The van der Waals surface area contributed by atoms with Crippen LogP contribution < -0.4 is 5.73 Å². The number of benzene rings is 1.